The largest absolute Gasteiger partial charge is 0.489 e. The normalized spacial score (nSPS) is 16.9. The topological polar surface area (TPSA) is 12.5 Å². The van der Waals surface area contributed by atoms with Gasteiger partial charge < -0.3 is 4.74 Å². The van der Waals surface area contributed by atoms with E-state index in [2.05, 4.69) is 0 Å². The molecular weight excluding hydrogens is 250 g/mol. The highest BCUT2D eigenvalue weighted by atomic mass is 19.3. The van der Waals surface area contributed by atoms with Crippen molar-refractivity contribution in [2.75, 3.05) is 26.2 Å². The summed E-state index contributed by atoms with van der Waals surface area (Å²) in [6.45, 7) is 1.23. The maximum Gasteiger partial charge on any atom is 0.243 e. The third-order valence-electron chi connectivity index (χ3n) is 2.92. The number of alkyl halides is 2. The van der Waals surface area contributed by atoms with Gasteiger partial charge in [-0.15, -0.1) is 0 Å². The summed E-state index contributed by atoms with van der Waals surface area (Å²) in [7, 11) is 0. The lowest BCUT2D eigenvalue weighted by Crippen LogP contribution is -2.51. The van der Waals surface area contributed by atoms with Gasteiger partial charge in [0, 0.05) is 25.6 Å². The minimum Gasteiger partial charge on any atom is -0.489 e. The van der Waals surface area contributed by atoms with Crippen LogP contribution in [0.25, 0.3) is 0 Å². The van der Waals surface area contributed by atoms with E-state index in [9.17, 15) is 17.6 Å². The molecule has 0 amide bonds. The Balaban J connectivity index is 1.72. The van der Waals surface area contributed by atoms with Crippen molar-refractivity contribution in [3.63, 3.8) is 0 Å². The minimum absolute atomic E-state index is 0.149. The molecule has 6 heteroatoms. The summed E-state index contributed by atoms with van der Waals surface area (Å²) in [5.41, 5.74) is 0. The van der Waals surface area contributed by atoms with Gasteiger partial charge in [0.15, 0.2) is 11.6 Å². The van der Waals surface area contributed by atoms with Crippen LogP contribution in [0.5, 0.6) is 5.75 Å². The average molecular weight is 263 g/mol. The van der Waals surface area contributed by atoms with Gasteiger partial charge in [0.05, 0.1) is 0 Å². The SMILES string of the molecule is Fc1cccc(OCCN2CC(C(F)F)C2)c1F. The Labute approximate surface area is 102 Å². The number of ether oxygens (including phenoxy) is 1. The Kier molecular flexibility index (Phi) is 4.06. The molecule has 1 heterocycles. The summed E-state index contributed by atoms with van der Waals surface area (Å²) in [5, 5.41) is 0. The maximum atomic E-state index is 13.2. The van der Waals surface area contributed by atoms with Crippen LogP contribution < -0.4 is 4.74 Å². The Hall–Kier alpha value is -1.30. The predicted octanol–water partition coefficient (Wildman–Crippen LogP) is 2.54. The molecule has 0 saturated carbocycles. The van der Waals surface area contributed by atoms with E-state index in [0.29, 0.717) is 19.6 Å². The van der Waals surface area contributed by atoms with Gasteiger partial charge >= 0.3 is 0 Å². The zero-order valence-corrected chi connectivity index (χ0v) is 9.58. The van der Waals surface area contributed by atoms with E-state index >= 15 is 0 Å². The molecule has 1 aromatic carbocycles. The van der Waals surface area contributed by atoms with Crippen molar-refractivity contribution in [2.24, 2.45) is 5.92 Å². The molecular formula is C12H13F4NO. The monoisotopic (exact) mass is 263 g/mol. The molecule has 0 aliphatic carbocycles. The maximum absolute atomic E-state index is 13.2. The lowest BCUT2D eigenvalue weighted by atomic mass is 10.0. The van der Waals surface area contributed by atoms with Gasteiger partial charge in [0.2, 0.25) is 12.2 Å². The van der Waals surface area contributed by atoms with Gasteiger partial charge in [-0.05, 0) is 12.1 Å². The van der Waals surface area contributed by atoms with Crippen molar-refractivity contribution >= 4 is 0 Å². The lowest BCUT2D eigenvalue weighted by molar-refractivity contribution is -0.0282. The molecule has 2 rings (SSSR count). The molecule has 0 spiro atoms. The number of hydrogen-bond donors (Lipinski definition) is 0. The summed E-state index contributed by atoms with van der Waals surface area (Å²) in [6, 6.07) is 3.69. The van der Waals surface area contributed by atoms with Gasteiger partial charge in [0.1, 0.15) is 6.61 Å². The minimum atomic E-state index is -2.29. The molecule has 0 bridgehead atoms. The van der Waals surface area contributed by atoms with Gasteiger partial charge in [-0.1, -0.05) is 6.07 Å². The molecule has 1 aromatic rings. The predicted molar refractivity (Wildman–Crippen MR) is 57.8 cm³/mol. The summed E-state index contributed by atoms with van der Waals surface area (Å²) in [6.07, 6.45) is -2.29. The molecule has 2 nitrogen and oxygen atoms in total. The molecule has 0 N–H and O–H groups in total. The Bertz CT molecular complexity index is 407. The van der Waals surface area contributed by atoms with E-state index < -0.39 is 24.0 Å². The smallest absolute Gasteiger partial charge is 0.243 e. The van der Waals surface area contributed by atoms with Crippen LogP contribution in [0.15, 0.2) is 18.2 Å². The first-order valence-corrected chi connectivity index (χ1v) is 5.65. The number of nitrogens with zero attached hydrogens (tertiary/aromatic N) is 1. The fourth-order valence-corrected chi connectivity index (χ4v) is 1.83. The van der Waals surface area contributed by atoms with Gasteiger partial charge in [-0.2, -0.15) is 4.39 Å². The molecule has 1 aliphatic rings. The van der Waals surface area contributed by atoms with Crippen LogP contribution >= 0.6 is 0 Å². The average Bonchev–Trinajstić information content (AvgIpc) is 2.26. The number of rotatable bonds is 5. The number of hydrogen-bond acceptors (Lipinski definition) is 2. The first-order chi connectivity index (χ1) is 8.58. The lowest BCUT2D eigenvalue weighted by Gasteiger charge is -2.38. The quantitative estimate of drug-likeness (QED) is 0.757. The van der Waals surface area contributed by atoms with E-state index in [4.69, 9.17) is 4.74 Å². The highest BCUT2D eigenvalue weighted by Crippen LogP contribution is 2.22. The molecule has 0 aromatic heterocycles. The molecule has 1 fully saturated rings. The van der Waals surface area contributed by atoms with E-state index in [1.165, 1.54) is 12.1 Å². The van der Waals surface area contributed by atoms with Crippen molar-refractivity contribution in [2.45, 2.75) is 6.43 Å². The van der Waals surface area contributed by atoms with Crippen molar-refractivity contribution in [3.8, 4) is 5.75 Å². The van der Waals surface area contributed by atoms with Crippen LogP contribution in [0.2, 0.25) is 0 Å². The molecule has 100 valence electrons. The van der Waals surface area contributed by atoms with Crippen LogP contribution in [0.3, 0.4) is 0 Å². The third kappa shape index (κ3) is 2.93. The Morgan fingerprint density at radius 1 is 1.28 bits per heavy atom. The number of likely N-dealkylation sites (tertiary alicyclic amines) is 1. The van der Waals surface area contributed by atoms with E-state index in [0.717, 1.165) is 6.07 Å². The second-order valence-electron chi connectivity index (χ2n) is 4.25. The summed E-state index contributed by atoms with van der Waals surface area (Å²) in [4.78, 5) is 1.79. The highest BCUT2D eigenvalue weighted by Gasteiger charge is 2.33. The van der Waals surface area contributed by atoms with E-state index in [1.807, 2.05) is 0 Å². The van der Waals surface area contributed by atoms with Crippen LogP contribution in [-0.4, -0.2) is 37.6 Å². The first kappa shape index (κ1) is 13.1. The van der Waals surface area contributed by atoms with Crippen LogP contribution in [0.1, 0.15) is 0 Å². The van der Waals surface area contributed by atoms with Crippen molar-refractivity contribution in [1.29, 1.82) is 0 Å². The van der Waals surface area contributed by atoms with Crippen molar-refractivity contribution in [3.05, 3.63) is 29.8 Å². The van der Waals surface area contributed by atoms with Crippen LogP contribution in [-0.2, 0) is 0 Å². The molecule has 18 heavy (non-hydrogen) atoms. The van der Waals surface area contributed by atoms with E-state index in [-0.39, 0.29) is 12.4 Å². The van der Waals surface area contributed by atoms with Gasteiger partial charge in [0.25, 0.3) is 0 Å². The third-order valence-corrected chi connectivity index (χ3v) is 2.92. The molecule has 1 aliphatic heterocycles. The molecule has 1 saturated heterocycles. The highest BCUT2D eigenvalue weighted by molar-refractivity contribution is 5.24. The molecule has 0 radical (unpaired) electrons. The van der Waals surface area contributed by atoms with Crippen LogP contribution in [0.4, 0.5) is 17.6 Å². The first-order valence-electron chi connectivity index (χ1n) is 5.65. The Morgan fingerprint density at radius 3 is 2.67 bits per heavy atom. The van der Waals surface area contributed by atoms with Crippen LogP contribution in [0, 0.1) is 17.6 Å². The van der Waals surface area contributed by atoms with Gasteiger partial charge in [-0.3, -0.25) is 4.90 Å². The molecule has 0 unspecified atom stereocenters. The summed E-state index contributed by atoms with van der Waals surface area (Å²) in [5.74, 6) is -2.71. The fourth-order valence-electron chi connectivity index (χ4n) is 1.83. The van der Waals surface area contributed by atoms with Crippen molar-refractivity contribution in [1.82, 2.24) is 4.90 Å². The van der Waals surface area contributed by atoms with Gasteiger partial charge in [-0.25, -0.2) is 13.2 Å². The Morgan fingerprint density at radius 2 is 2.00 bits per heavy atom. The standard InChI is InChI=1S/C12H13F4NO/c13-9-2-1-3-10(11(9)14)18-5-4-17-6-8(7-17)12(15)16/h1-3,8,12H,4-7H2. The zero-order chi connectivity index (χ0) is 13.1. The molecule has 0 atom stereocenters. The summed E-state index contributed by atoms with van der Waals surface area (Å²) >= 11 is 0. The van der Waals surface area contributed by atoms with E-state index in [1.54, 1.807) is 4.90 Å². The second-order valence-corrected chi connectivity index (χ2v) is 4.25. The zero-order valence-electron chi connectivity index (χ0n) is 9.58. The fraction of sp³-hybridized carbons (Fsp3) is 0.500. The number of halogens is 4. The van der Waals surface area contributed by atoms with Crippen molar-refractivity contribution < 1.29 is 22.3 Å². The second kappa shape index (κ2) is 5.56. The summed E-state index contributed by atoms with van der Waals surface area (Å²) < 4.78 is 55.5. The number of benzene rings is 1.